The molecule has 0 spiro atoms. The van der Waals surface area contributed by atoms with Crippen molar-refractivity contribution in [1.29, 1.82) is 0 Å². The Hall–Kier alpha value is -3.26. The minimum Gasteiger partial charge on any atom is -0.350 e. The molecule has 0 aliphatic heterocycles. The molecule has 2 aromatic heterocycles. The van der Waals surface area contributed by atoms with E-state index >= 15 is 0 Å². The Kier molecular flexibility index (Phi) is 4.79. The molecule has 0 unspecified atom stereocenters. The van der Waals surface area contributed by atoms with Crippen LogP contribution in [0, 0.1) is 0 Å². The predicted octanol–water partition coefficient (Wildman–Crippen LogP) is 3.58. The van der Waals surface area contributed by atoms with Gasteiger partial charge in [-0.05, 0) is 43.7 Å². The third-order valence-electron chi connectivity index (χ3n) is 4.47. The summed E-state index contributed by atoms with van der Waals surface area (Å²) >= 11 is 1.28. The summed E-state index contributed by atoms with van der Waals surface area (Å²) in [4.78, 5) is 30.0. The molecule has 0 aliphatic carbocycles. The van der Waals surface area contributed by atoms with Crippen molar-refractivity contribution in [1.82, 2.24) is 19.9 Å². The maximum atomic E-state index is 12.6. The monoisotopic (exact) mass is 393 g/mol. The number of nitrogens with zero attached hydrogens (tertiary/aromatic N) is 3. The fourth-order valence-electron chi connectivity index (χ4n) is 2.78. The number of anilines is 2. The fourth-order valence-corrected chi connectivity index (χ4v) is 3.60. The Morgan fingerprint density at radius 1 is 1.21 bits per heavy atom. The smallest absolute Gasteiger partial charge is 0.283 e. The molecular formula is C20H19N5O2S. The number of amides is 1. The lowest BCUT2D eigenvalue weighted by Gasteiger charge is -2.12. The van der Waals surface area contributed by atoms with Gasteiger partial charge in [0.25, 0.3) is 11.5 Å². The van der Waals surface area contributed by atoms with Crippen LogP contribution < -0.4 is 16.2 Å². The first-order valence-corrected chi connectivity index (χ1v) is 9.83. The van der Waals surface area contributed by atoms with Crippen molar-refractivity contribution in [3.8, 4) is 0 Å². The highest BCUT2D eigenvalue weighted by Crippen LogP contribution is 2.23. The number of benzene rings is 2. The van der Waals surface area contributed by atoms with Crippen molar-refractivity contribution in [2.45, 2.75) is 26.3 Å². The van der Waals surface area contributed by atoms with Crippen LogP contribution in [-0.2, 0) is 0 Å². The van der Waals surface area contributed by atoms with E-state index in [1.807, 2.05) is 32.0 Å². The van der Waals surface area contributed by atoms with Crippen molar-refractivity contribution in [2.24, 2.45) is 0 Å². The average molecular weight is 393 g/mol. The normalized spacial score (nSPS) is 12.2. The average Bonchev–Trinajstić information content (AvgIpc) is 3.10. The Morgan fingerprint density at radius 2 is 2.04 bits per heavy atom. The van der Waals surface area contributed by atoms with Gasteiger partial charge in [0.05, 0.1) is 10.9 Å². The number of rotatable bonds is 5. The van der Waals surface area contributed by atoms with Gasteiger partial charge in [-0.15, -0.1) is 5.10 Å². The molecule has 7 nitrogen and oxygen atoms in total. The second-order valence-corrected chi connectivity index (χ2v) is 7.48. The topological polar surface area (TPSA) is 88.4 Å². The zero-order valence-electron chi connectivity index (χ0n) is 15.5. The summed E-state index contributed by atoms with van der Waals surface area (Å²) < 4.78 is 1.30. The van der Waals surface area contributed by atoms with Crippen LogP contribution in [0.4, 0.5) is 10.8 Å². The van der Waals surface area contributed by atoms with Crippen molar-refractivity contribution >= 4 is 43.9 Å². The number of hydrogen-bond acceptors (Lipinski definition) is 6. The molecule has 2 heterocycles. The summed E-state index contributed by atoms with van der Waals surface area (Å²) in [5.74, 6) is -0.119. The Bertz CT molecular complexity index is 1230. The molecule has 8 heteroatoms. The van der Waals surface area contributed by atoms with E-state index in [0.717, 1.165) is 6.42 Å². The first-order chi connectivity index (χ1) is 13.5. The number of hydrogen-bond donors (Lipinski definition) is 2. The van der Waals surface area contributed by atoms with Gasteiger partial charge in [0, 0.05) is 17.3 Å². The quantitative estimate of drug-likeness (QED) is 0.541. The second kappa shape index (κ2) is 7.40. The van der Waals surface area contributed by atoms with Gasteiger partial charge in [0.2, 0.25) is 10.1 Å². The highest BCUT2D eigenvalue weighted by atomic mass is 32.1. The Balaban J connectivity index is 1.64. The summed E-state index contributed by atoms with van der Waals surface area (Å²) in [5, 5.41) is 11.5. The molecule has 4 rings (SSSR count). The minimum absolute atomic E-state index is 0.112. The molecule has 2 N–H and O–H groups in total. The van der Waals surface area contributed by atoms with Crippen molar-refractivity contribution in [3.05, 3.63) is 64.4 Å². The zero-order chi connectivity index (χ0) is 19.7. The predicted molar refractivity (Wildman–Crippen MR) is 112 cm³/mol. The third-order valence-corrected chi connectivity index (χ3v) is 5.29. The lowest BCUT2D eigenvalue weighted by molar-refractivity contribution is 0.0939. The van der Waals surface area contributed by atoms with Gasteiger partial charge in [0.15, 0.2) is 0 Å². The minimum atomic E-state index is -0.202. The second-order valence-electron chi connectivity index (χ2n) is 6.52. The molecule has 0 saturated carbocycles. The highest BCUT2D eigenvalue weighted by molar-refractivity contribution is 7.20. The van der Waals surface area contributed by atoms with E-state index < -0.39 is 0 Å². The number of para-hydroxylation sites is 1. The van der Waals surface area contributed by atoms with E-state index in [-0.39, 0.29) is 17.5 Å². The van der Waals surface area contributed by atoms with Crippen LogP contribution in [0.3, 0.4) is 0 Å². The van der Waals surface area contributed by atoms with Crippen LogP contribution in [-0.4, -0.2) is 26.5 Å². The molecule has 0 aliphatic rings. The van der Waals surface area contributed by atoms with Crippen molar-refractivity contribution in [2.75, 3.05) is 5.32 Å². The molecule has 28 heavy (non-hydrogen) atoms. The Labute approximate surface area is 165 Å². The Morgan fingerprint density at radius 3 is 2.86 bits per heavy atom. The number of carbonyl (C=O) groups is 1. The largest absolute Gasteiger partial charge is 0.350 e. The first kappa shape index (κ1) is 18.1. The number of nitrogens with one attached hydrogen (secondary N) is 2. The molecule has 0 bridgehead atoms. The lowest BCUT2D eigenvalue weighted by atomic mass is 10.1. The van der Waals surface area contributed by atoms with Gasteiger partial charge in [-0.2, -0.15) is 4.52 Å². The van der Waals surface area contributed by atoms with Crippen LogP contribution in [0.25, 0.3) is 15.9 Å². The maximum Gasteiger partial charge on any atom is 0.283 e. The van der Waals surface area contributed by atoms with Crippen LogP contribution in [0.15, 0.2) is 53.3 Å². The van der Waals surface area contributed by atoms with Gasteiger partial charge in [-0.25, -0.2) is 4.98 Å². The van der Waals surface area contributed by atoms with E-state index in [0.29, 0.717) is 32.2 Å². The van der Waals surface area contributed by atoms with Gasteiger partial charge < -0.3 is 10.6 Å². The summed E-state index contributed by atoms with van der Waals surface area (Å²) in [6.07, 6.45) is 0.867. The molecule has 2 aromatic carbocycles. The molecule has 0 radical (unpaired) electrons. The number of aromatic nitrogens is 3. The van der Waals surface area contributed by atoms with Gasteiger partial charge in [-0.3, -0.25) is 9.59 Å². The van der Waals surface area contributed by atoms with Crippen molar-refractivity contribution in [3.63, 3.8) is 0 Å². The summed E-state index contributed by atoms with van der Waals surface area (Å²) in [6, 6.07) is 14.5. The van der Waals surface area contributed by atoms with Crippen LogP contribution in [0.2, 0.25) is 0 Å². The van der Waals surface area contributed by atoms with E-state index in [1.165, 1.54) is 15.9 Å². The van der Waals surface area contributed by atoms with Crippen LogP contribution in [0.1, 0.15) is 30.6 Å². The van der Waals surface area contributed by atoms with E-state index in [2.05, 4.69) is 20.7 Å². The number of carbonyl (C=O) groups excluding carboxylic acids is 1. The first-order valence-electron chi connectivity index (χ1n) is 9.01. The molecule has 0 fully saturated rings. The van der Waals surface area contributed by atoms with Gasteiger partial charge in [-0.1, -0.05) is 36.5 Å². The van der Waals surface area contributed by atoms with E-state index in [9.17, 15) is 9.59 Å². The van der Waals surface area contributed by atoms with Crippen molar-refractivity contribution < 1.29 is 4.79 Å². The molecule has 4 aromatic rings. The van der Waals surface area contributed by atoms with Gasteiger partial charge in [0.1, 0.15) is 0 Å². The van der Waals surface area contributed by atoms with E-state index in [4.69, 9.17) is 0 Å². The number of fused-ring (bicyclic) bond motifs is 2. The van der Waals surface area contributed by atoms with Crippen LogP contribution >= 0.6 is 11.3 Å². The molecule has 1 amide bonds. The fraction of sp³-hybridized carbons (Fsp3) is 0.200. The van der Waals surface area contributed by atoms with Crippen LogP contribution in [0.5, 0.6) is 0 Å². The molecular weight excluding hydrogens is 374 g/mol. The molecule has 1 atom stereocenters. The summed E-state index contributed by atoms with van der Waals surface area (Å²) in [6.45, 7) is 3.99. The van der Waals surface area contributed by atoms with E-state index in [1.54, 1.807) is 30.3 Å². The highest BCUT2D eigenvalue weighted by Gasteiger charge is 2.12. The lowest BCUT2D eigenvalue weighted by Crippen LogP contribution is -2.31. The third kappa shape index (κ3) is 3.46. The summed E-state index contributed by atoms with van der Waals surface area (Å²) in [7, 11) is 0. The zero-order valence-corrected chi connectivity index (χ0v) is 16.3. The SMILES string of the molecule is CC[C@@H](C)NC(=O)c1cccc(Nc2nn3c(=O)c4ccccc4nc3s2)c1. The van der Waals surface area contributed by atoms with Gasteiger partial charge >= 0.3 is 0 Å². The standard InChI is InChI=1S/C20H19N5O2S/c1-3-12(2)21-17(26)13-7-6-8-14(11-13)22-19-24-25-18(27)15-9-4-5-10-16(15)23-20(25)28-19/h4-12H,3H2,1-2H3,(H,21,26)(H,22,24)/t12-/m1/s1. The molecule has 142 valence electrons. The maximum absolute atomic E-state index is 12.6. The molecule has 0 saturated heterocycles. The summed E-state index contributed by atoms with van der Waals surface area (Å²) in [5.41, 5.74) is 1.72.